The number of hydrogen-bond acceptors (Lipinski definition) is 5. The number of thiol groups is 1. The minimum Gasteiger partial charge on any atom is -0.291 e. The number of anilines is 1. The zero-order valence-corrected chi connectivity index (χ0v) is 13.6. The summed E-state index contributed by atoms with van der Waals surface area (Å²) >= 11 is 4.07. The van der Waals surface area contributed by atoms with Gasteiger partial charge in [0.05, 0.1) is 18.4 Å². The van der Waals surface area contributed by atoms with Gasteiger partial charge in [-0.3, -0.25) is 14.6 Å². The van der Waals surface area contributed by atoms with E-state index >= 15 is 0 Å². The monoisotopic (exact) mass is 337 g/mol. The number of urea groups is 1. The van der Waals surface area contributed by atoms with Crippen molar-refractivity contribution in [2.45, 2.75) is 0 Å². The van der Waals surface area contributed by atoms with E-state index in [1.165, 1.54) is 4.31 Å². The maximum Gasteiger partial charge on any atom is 0.333 e. The molecule has 2 amide bonds. The third-order valence-electron chi connectivity index (χ3n) is 3.25. The summed E-state index contributed by atoms with van der Waals surface area (Å²) in [4.78, 5) is 25.2. The first-order valence-corrected chi connectivity index (χ1v) is 7.65. The first-order valence-electron chi connectivity index (χ1n) is 7.25. The summed E-state index contributed by atoms with van der Waals surface area (Å²) in [6, 6.07) is 12.8. The van der Waals surface area contributed by atoms with Crippen molar-refractivity contribution in [2.75, 3.05) is 11.9 Å². The maximum atomic E-state index is 11.9. The zero-order chi connectivity index (χ0) is 16.9. The summed E-state index contributed by atoms with van der Waals surface area (Å²) in [7, 11) is 0. The van der Waals surface area contributed by atoms with Crippen molar-refractivity contribution in [1.82, 2.24) is 19.3 Å². The van der Waals surface area contributed by atoms with Crippen LogP contribution in [0.4, 0.5) is 10.6 Å². The third-order valence-corrected chi connectivity index (χ3v) is 3.59. The van der Waals surface area contributed by atoms with Crippen LogP contribution in [0.25, 0.3) is 22.4 Å². The molecule has 6 nitrogen and oxygen atoms in total. The second kappa shape index (κ2) is 7.10. The molecule has 3 aromatic rings. The molecule has 0 saturated carbocycles. The summed E-state index contributed by atoms with van der Waals surface area (Å²) < 4.78 is 1.20. The molecule has 0 saturated heterocycles. The molecule has 120 valence electrons. The Labute approximate surface area is 144 Å². The quantitative estimate of drug-likeness (QED) is 0.564. The van der Waals surface area contributed by atoms with E-state index < -0.39 is 6.03 Å². The molecule has 1 N–H and O–H groups in total. The van der Waals surface area contributed by atoms with Crippen molar-refractivity contribution in [3.63, 3.8) is 0 Å². The van der Waals surface area contributed by atoms with Crippen LogP contribution in [-0.2, 0) is 0 Å². The van der Waals surface area contributed by atoms with E-state index in [1.807, 2.05) is 30.3 Å². The van der Waals surface area contributed by atoms with Crippen LogP contribution in [-0.4, -0.2) is 31.8 Å². The van der Waals surface area contributed by atoms with Gasteiger partial charge in [-0.25, -0.2) is 14.8 Å². The molecule has 2 aromatic heterocycles. The molecular formula is C17H15N5OS. The van der Waals surface area contributed by atoms with Crippen LogP contribution in [0.2, 0.25) is 0 Å². The van der Waals surface area contributed by atoms with Crippen LogP contribution in [0, 0.1) is 0 Å². The van der Waals surface area contributed by atoms with E-state index in [-0.39, 0.29) is 0 Å². The van der Waals surface area contributed by atoms with Crippen molar-refractivity contribution in [2.24, 2.45) is 0 Å². The lowest BCUT2D eigenvalue weighted by molar-refractivity contribution is 0.241. The van der Waals surface area contributed by atoms with E-state index in [4.69, 9.17) is 0 Å². The van der Waals surface area contributed by atoms with Gasteiger partial charge in [0, 0.05) is 5.56 Å². The molecule has 0 aliphatic heterocycles. The van der Waals surface area contributed by atoms with Crippen LogP contribution in [0.1, 0.15) is 0 Å². The number of carbonyl (C=O) groups excluding carboxylic acids is 1. The van der Waals surface area contributed by atoms with E-state index in [0.717, 1.165) is 11.3 Å². The molecule has 2 heterocycles. The fourth-order valence-electron chi connectivity index (χ4n) is 2.09. The number of aromatic nitrogens is 3. The number of rotatable bonds is 4. The summed E-state index contributed by atoms with van der Waals surface area (Å²) in [5, 5.41) is 2.66. The van der Waals surface area contributed by atoms with Crippen molar-refractivity contribution in [1.29, 1.82) is 0 Å². The van der Waals surface area contributed by atoms with E-state index in [0.29, 0.717) is 23.5 Å². The average Bonchev–Trinajstić information content (AvgIpc) is 2.62. The molecule has 0 fully saturated rings. The number of hydrogen-bond donors (Lipinski definition) is 2. The van der Waals surface area contributed by atoms with Crippen LogP contribution in [0.15, 0.2) is 61.3 Å². The molecule has 0 atom stereocenters. The van der Waals surface area contributed by atoms with Gasteiger partial charge in [-0.05, 0) is 12.1 Å². The smallest absolute Gasteiger partial charge is 0.291 e. The van der Waals surface area contributed by atoms with Gasteiger partial charge in [-0.15, -0.1) is 6.58 Å². The summed E-state index contributed by atoms with van der Waals surface area (Å²) in [6.07, 6.45) is 3.29. The number of benzene rings is 1. The topological polar surface area (TPSA) is 71.0 Å². The number of amides is 2. The Bertz CT molecular complexity index is 885. The highest BCUT2D eigenvalue weighted by Gasteiger charge is 2.10. The third kappa shape index (κ3) is 3.52. The number of nitrogens with zero attached hydrogens (tertiary/aromatic N) is 4. The fourth-order valence-corrected chi connectivity index (χ4v) is 2.26. The second-order valence-corrected chi connectivity index (χ2v) is 5.44. The minimum atomic E-state index is -0.391. The van der Waals surface area contributed by atoms with E-state index in [2.05, 4.69) is 39.7 Å². The molecule has 1 aromatic carbocycles. The summed E-state index contributed by atoms with van der Waals surface area (Å²) in [5.41, 5.74) is 2.79. The first-order chi connectivity index (χ1) is 11.7. The van der Waals surface area contributed by atoms with Gasteiger partial charge in [-0.1, -0.05) is 49.2 Å². The predicted octanol–water partition coefficient (Wildman–Crippen LogP) is 3.56. The van der Waals surface area contributed by atoms with Crippen molar-refractivity contribution in [3.05, 3.63) is 61.3 Å². The average molecular weight is 337 g/mol. The number of fused-ring (bicyclic) bond motifs is 1. The van der Waals surface area contributed by atoms with Crippen molar-refractivity contribution < 1.29 is 4.79 Å². The van der Waals surface area contributed by atoms with Crippen LogP contribution >= 0.6 is 12.8 Å². The Morgan fingerprint density at radius 3 is 2.75 bits per heavy atom. The Balaban J connectivity index is 1.89. The van der Waals surface area contributed by atoms with Gasteiger partial charge >= 0.3 is 6.03 Å². The Morgan fingerprint density at radius 2 is 2.00 bits per heavy atom. The first kappa shape index (κ1) is 15.9. The molecule has 3 rings (SSSR count). The Hall–Kier alpha value is -2.93. The van der Waals surface area contributed by atoms with Gasteiger partial charge in [0.25, 0.3) is 0 Å². The van der Waals surface area contributed by atoms with Gasteiger partial charge in [-0.2, -0.15) is 0 Å². The fraction of sp³-hybridized carbons (Fsp3) is 0.0588. The van der Waals surface area contributed by atoms with E-state index in [9.17, 15) is 4.79 Å². The van der Waals surface area contributed by atoms with Gasteiger partial charge < -0.3 is 0 Å². The lowest BCUT2D eigenvalue weighted by Gasteiger charge is -2.13. The van der Waals surface area contributed by atoms with E-state index in [1.54, 1.807) is 24.4 Å². The van der Waals surface area contributed by atoms with Crippen LogP contribution in [0.5, 0.6) is 0 Å². The number of carbonyl (C=O) groups is 1. The Morgan fingerprint density at radius 1 is 1.21 bits per heavy atom. The normalized spacial score (nSPS) is 10.4. The van der Waals surface area contributed by atoms with Crippen molar-refractivity contribution in [3.8, 4) is 11.3 Å². The molecule has 0 bridgehead atoms. The summed E-state index contributed by atoms with van der Waals surface area (Å²) in [5.74, 6) is 0.384. The lowest BCUT2D eigenvalue weighted by atomic mass is 10.2. The number of pyridine rings is 1. The number of nitrogens with one attached hydrogen (secondary N) is 1. The highest BCUT2D eigenvalue weighted by atomic mass is 32.1. The highest BCUT2D eigenvalue weighted by Crippen LogP contribution is 2.19. The molecule has 7 heteroatoms. The van der Waals surface area contributed by atoms with Crippen LogP contribution in [0.3, 0.4) is 0 Å². The SMILES string of the molecule is C=CCN(S)C(=O)Nc1ccc2ncc(-c3ccccc3)nc2n1. The van der Waals surface area contributed by atoms with Gasteiger partial charge in [0.2, 0.25) is 0 Å². The second-order valence-electron chi connectivity index (χ2n) is 4.96. The molecule has 0 spiro atoms. The zero-order valence-electron chi connectivity index (χ0n) is 12.8. The molecule has 0 aliphatic carbocycles. The highest BCUT2D eigenvalue weighted by molar-refractivity contribution is 7.78. The minimum absolute atomic E-state index is 0.320. The largest absolute Gasteiger partial charge is 0.333 e. The van der Waals surface area contributed by atoms with Crippen molar-refractivity contribution >= 4 is 35.8 Å². The predicted molar refractivity (Wildman–Crippen MR) is 97.7 cm³/mol. The van der Waals surface area contributed by atoms with Gasteiger partial charge in [0.15, 0.2) is 5.65 Å². The van der Waals surface area contributed by atoms with Gasteiger partial charge in [0.1, 0.15) is 11.3 Å². The standard InChI is InChI=1S/C17H15N5OS/c1-2-10-22(24)17(23)21-15-9-8-13-16(20-15)19-14(11-18-13)12-6-4-3-5-7-12/h2-9,11,24H,1,10H2,(H,19,20,21,23). The molecule has 0 aliphatic rings. The Kier molecular flexibility index (Phi) is 4.72. The molecule has 24 heavy (non-hydrogen) atoms. The molecule has 0 radical (unpaired) electrons. The molecule has 0 unspecified atom stereocenters. The summed E-state index contributed by atoms with van der Waals surface area (Å²) in [6.45, 7) is 3.88. The van der Waals surface area contributed by atoms with Crippen LogP contribution < -0.4 is 5.32 Å². The maximum absolute atomic E-state index is 11.9. The lowest BCUT2D eigenvalue weighted by Crippen LogP contribution is -2.27. The molecular weight excluding hydrogens is 322 g/mol.